The summed E-state index contributed by atoms with van der Waals surface area (Å²) in [4.78, 5) is 1.19. The number of nitrogens with zero attached hydrogens (tertiary/aromatic N) is 1. The van der Waals surface area contributed by atoms with Crippen LogP contribution in [0.2, 0.25) is 0 Å². The zero-order chi connectivity index (χ0) is 14.9. The first-order valence-electron chi connectivity index (χ1n) is 7.07. The van der Waals surface area contributed by atoms with Crippen LogP contribution in [0.3, 0.4) is 0 Å². The van der Waals surface area contributed by atoms with Crippen molar-refractivity contribution in [2.75, 3.05) is 0 Å². The summed E-state index contributed by atoms with van der Waals surface area (Å²) >= 11 is 1.62. The summed E-state index contributed by atoms with van der Waals surface area (Å²) in [5.74, 6) is 0. The summed E-state index contributed by atoms with van der Waals surface area (Å²) in [5.41, 5.74) is 3.63. The van der Waals surface area contributed by atoms with E-state index < -0.39 is 0 Å². The van der Waals surface area contributed by atoms with Crippen molar-refractivity contribution in [2.24, 2.45) is 0 Å². The minimum atomic E-state index is 0. The molecule has 0 saturated heterocycles. The van der Waals surface area contributed by atoms with E-state index in [0.29, 0.717) is 6.42 Å². The molecular formula is C19H18CuNS. The van der Waals surface area contributed by atoms with Gasteiger partial charge in [0.25, 0.3) is 0 Å². The molecule has 0 unspecified atom stereocenters. The number of hydrogen-bond donors (Lipinski definition) is 0. The van der Waals surface area contributed by atoms with Gasteiger partial charge in [-0.2, -0.15) is 10.8 Å². The second-order valence-corrected chi connectivity index (χ2v) is 5.75. The Balaban J connectivity index is 0.00000242. The first kappa shape index (κ1) is 18.6. The smallest absolute Gasteiger partial charge is 0.210 e. The fourth-order valence-electron chi connectivity index (χ4n) is 1.96. The molecule has 0 aliphatic carbocycles. The van der Waals surface area contributed by atoms with Crippen LogP contribution in [0.4, 0.5) is 0 Å². The Morgan fingerprint density at radius 3 is 2.41 bits per heavy atom. The van der Waals surface area contributed by atoms with Crippen LogP contribution in [-0.4, -0.2) is 0 Å². The van der Waals surface area contributed by atoms with Crippen molar-refractivity contribution >= 4 is 17.3 Å². The maximum absolute atomic E-state index is 8.70. The number of thioether (sulfide) groups is 1. The summed E-state index contributed by atoms with van der Waals surface area (Å²) < 4.78 is 0. The molecule has 0 saturated carbocycles. The number of rotatable bonds is 6. The van der Waals surface area contributed by atoms with Crippen LogP contribution < -0.4 is 0 Å². The number of aryl methyl sites for hydroxylation is 1. The first-order valence-corrected chi connectivity index (χ1v) is 7.89. The fraction of sp³-hybridized carbons (Fsp3) is 0.211. The topological polar surface area (TPSA) is 23.8 Å². The average Bonchev–Trinajstić information content (AvgIpc) is 2.53. The van der Waals surface area contributed by atoms with E-state index in [1.165, 1.54) is 21.6 Å². The molecule has 22 heavy (non-hydrogen) atoms. The molecule has 0 amide bonds. The van der Waals surface area contributed by atoms with Crippen molar-refractivity contribution in [3.05, 3.63) is 71.1 Å². The van der Waals surface area contributed by atoms with Crippen molar-refractivity contribution in [3.8, 4) is 6.07 Å². The zero-order valence-corrected chi connectivity index (χ0v) is 14.2. The molecule has 0 aromatic heterocycles. The minimum Gasteiger partial charge on any atom is -0.210 e. The monoisotopic (exact) mass is 355 g/mol. The predicted octanol–water partition coefficient (Wildman–Crippen LogP) is 5.62. The summed E-state index contributed by atoms with van der Waals surface area (Å²) in [5, 5.41) is 12.2. The maximum atomic E-state index is 8.70. The molecule has 0 bridgehead atoms. The number of allylic oxidation sites excluding steroid dienone is 1. The standard InChI is InChI=1S/C19H18NS.Cu/c1-16-10-12-19(13-11-16)21-15-18(9-5-6-14-20)17-7-3-2-4-8-17;/h2-4,7-8,10-13H,5-6,9H2,1H3;/q-1;+1. The van der Waals surface area contributed by atoms with E-state index >= 15 is 0 Å². The van der Waals surface area contributed by atoms with Crippen molar-refractivity contribution in [3.63, 3.8) is 0 Å². The summed E-state index contributed by atoms with van der Waals surface area (Å²) in [6.45, 7) is 2.09. The van der Waals surface area contributed by atoms with Crippen LogP contribution in [0.5, 0.6) is 0 Å². The molecule has 1 nitrogen and oxygen atoms in total. The third kappa shape index (κ3) is 6.12. The first-order chi connectivity index (χ1) is 10.3. The second-order valence-electron chi connectivity index (χ2n) is 4.87. The molecule has 0 heterocycles. The molecule has 2 aromatic rings. The maximum Gasteiger partial charge on any atom is 1.00 e. The SMILES string of the molecule is Cc1ccc(S[C-]=C(CCCC#N)c2ccccc2)cc1.[Cu+]. The molecule has 0 radical (unpaired) electrons. The van der Waals surface area contributed by atoms with Gasteiger partial charge in [0.2, 0.25) is 0 Å². The van der Waals surface area contributed by atoms with E-state index in [0.717, 1.165) is 12.8 Å². The Kier molecular flexibility index (Phi) is 8.70. The van der Waals surface area contributed by atoms with E-state index in [9.17, 15) is 0 Å². The van der Waals surface area contributed by atoms with Gasteiger partial charge in [0.05, 0.1) is 6.07 Å². The minimum absolute atomic E-state index is 0. The van der Waals surface area contributed by atoms with E-state index in [-0.39, 0.29) is 17.1 Å². The molecule has 2 rings (SSSR count). The molecule has 0 aliphatic rings. The van der Waals surface area contributed by atoms with Gasteiger partial charge in [-0.3, -0.25) is 0 Å². The van der Waals surface area contributed by atoms with Crippen LogP contribution in [0.1, 0.15) is 30.4 Å². The quantitative estimate of drug-likeness (QED) is 0.290. The van der Waals surface area contributed by atoms with E-state index in [1.807, 2.05) is 18.2 Å². The molecular weight excluding hydrogens is 338 g/mol. The van der Waals surface area contributed by atoms with Gasteiger partial charge >= 0.3 is 17.1 Å². The summed E-state index contributed by atoms with van der Waals surface area (Å²) in [6, 6.07) is 21.0. The average molecular weight is 356 g/mol. The molecule has 0 aliphatic heterocycles. The molecule has 0 fully saturated rings. The van der Waals surface area contributed by atoms with Crippen molar-refractivity contribution in [2.45, 2.75) is 31.1 Å². The number of benzene rings is 2. The van der Waals surface area contributed by atoms with Gasteiger partial charge in [0.15, 0.2) is 0 Å². The van der Waals surface area contributed by atoms with Crippen molar-refractivity contribution in [1.29, 1.82) is 5.26 Å². The van der Waals surface area contributed by atoms with E-state index in [4.69, 9.17) is 5.26 Å². The number of hydrogen-bond acceptors (Lipinski definition) is 2. The van der Waals surface area contributed by atoms with Gasteiger partial charge in [-0.15, -0.1) is 12.1 Å². The van der Waals surface area contributed by atoms with Crippen LogP contribution in [0.15, 0.2) is 59.5 Å². The zero-order valence-electron chi connectivity index (χ0n) is 12.5. The summed E-state index contributed by atoms with van der Waals surface area (Å²) in [7, 11) is 0. The van der Waals surface area contributed by atoms with Gasteiger partial charge in [0.1, 0.15) is 0 Å². The Morgan fingerprint density at radius 2 is 1.77 bits per heavy atom. The third-order valence-electron chi connectivity index (χ3n) is 3.15. The molecule has 0 spiro atoms. The van der Waals surface area contributed by atoms with Crippen molar-refractivity contribution in [1.82, 2.24) is 0 Å². The molecule has 0 N–H and O–H groups in total. The van der Waals surface area contributed by atoms with Gasteiger partial charge in [-0.25, -0.2) is 22.7 Å². The normalized spacial score (nSPS) is 10.6. The van der Waals surface area contributed by atoms with E-state index in [1.54, 1.807) is 11.8 Å². The molecule has 0 atom stereocenters. The number of unbranched alkanes of at least 4 members (excludes halogenated alkanes) is 1. The Labute approximate surface area is 147 Å². The van der Waals surface area contributed by atoms with Crippen molar-refractivity contribution < 1.29 is 17.1 Å². The predicted molar refractivity (Wildman–Crippen MR) is 89.6 cm³/mol. The van der Waals surface area contributed by atoms with Gasteiger partial charge < -0.3 is 0 Å². The van der Waals surface area contributed by atoms with Crippen LogP contribution >= 0.6 is 11.8 Å². The Hall–Kier alpha value is -1.46. The van der Waals surface area contributed by atoms with E-state index in [2.05, 4.69) is 54.8 Å². The Morgan fingerprint density at radius 1 is 1.09 bits per heavy atom. The van der Waals surface area contributed by atoms with Gasteiger partial charge in [-0.05, 0) is 30.4 Å². The summed E-state index contributed by atoms with van der Waals surface area (Å²) in [6.07, 6.45) is 2.35. The fourth-order valence-corrected chi connectivity index (χ4v) is 2.70. The van der Waals surface area contributed by atoms with Crippen LogP contribution in [-0.2, 0) is 17.1 Å². The second kappa shape index (κ2) is 10.3. The van der Waals surface area contributed by atoms with Gasteiger partial charge in [-0.1, -0.05) is 42.3 Å². The van der Waals surface area contributed by atoms with Crippen LogP contribution in [0, 0.1) is 23.7 Å². The Bertz CT molecular complexity index is 627. The molecule has 3 heteroatoms. The molecule has 2 aromatic carbocycles. The largest absolute Gasteiger partial charge is 1.00 e. The molecule has 116 valence electrons. The van der Waals surface area contributed by atoms with Crippen LogP contribution in [0.25, 0.3) is 5.57 Å². The van der Waals surface area contributed by atoms with Gasteiger partial charge in [0, 0.05) is 6.42 Å². The third-order valence-corrected chi connectivity index (χ3v) is 4.01. The number of nitriles is 1.